The zero-order valence-corrected chi connectivity index (χ0v) is 11.7. The molecule has 0 aliphatic carbocycles. The van der Waals surface area contributed by atoms with E-state index in [9.17, 15) is 9.18 Å². The topological polar surface area (TPSA) is 26.9 Å². The van der Waals surface area contributed by atoms with Crippen molar-refractivity contribution in [1.29, 1.82) is 0 Å². The maximum atomic E-state index is 13.1. The third-order valence-electron chi connectivity index (χ3n) is 2.72. The van der Waals surface area contributed by atoms with Crippen molar-refractivity contribution in [3.63, 3.8) is 0 Å². The molecule has 18 heavy (non-hydrogen) atoms. The van der Waals surface area contributed by atoms with Gasteiger partial charge in [-0.05, 0) is 40.0 Å². The normalized spacial score (nSPS) is 10.8. The van der Waals surface area contributed by atoms with Gasteiger partial charge >= 0.3 is 5.69 Å². The Morgan fingerprint density at radius 2 is 2.00 bits per heavy atom. The highest BCUT2D eigenvalue weighted by molar-refractivity contribution is 9.10. The van der Waals surface area contributed by atoms with Gasteiger partial charge in [-0.15, -0.1) is 0 Å². The molecular formula is C13H14BrFN2O. The number of hydrogen-bond donors (Lipinski definition) is 0. The van der Waals surface area contributed by atoms with Gasteiger partial charge in [0, 0.05) is 18.9 Å². The molecule has 2 aromatic rings. The van der Waals surface area contributed by atoms with Crippen LogP contribution in [0.4, 0.5) is 4.39 Å². The Hall–Kier alpha value is -1.36. The van der Waals surface area contributed by atoms with Gasteiger partial charge < -0.3 is 0 Å². The number of benzene rings is 1. The van der Waals surface area contributed by atoms with Crippen molar-refractivity contribution in [2.75, 3.05) is 0 Å². The fourth-order valence-corrected chi connectivity index (χ4v) is 2.25. The molecule has 0 unspecified atom stereocenters. The van der Waals surface area contributed by atoms with Crippen LogP contribution in [0, 0.1) is 5.82 Å². The van der Waals surface area contributed by atoms with Gasteiger partial charge in [-0.3, -0.25) is 9.13 Å². The van der Waals surface area contributed by atoms with Gasteiger partial charge in [0.05, 0.1) is 11.0 Å². The fraction of sp³-hybridized carbons (Fsp3) is 0.308. The lowest BCUT2D eigenvalue weighted by Crippen LogP contribution is -2.24. The van der Waals surface area contributed by atoms with Crippen molar-refractivity contribution >= 4 is 15.9 Å². The van der Waals surface area contributed by atoms with Crippen LogP contribution in [0.3, 0.4) is 0 Å². The lowest BCUT2D eigenvalue weighted by atomic mass is 10.2. The minimum Gasteiger partial charge on any atom is -0.299 e. The van der Waals surface area contributed by atoms with Crippen LogP contribution >= 0.6 is 15.9 Å². The van der Waals surface area contributed by atoms with Crippen LogP contribution < -0.4 is 5.69 Å². The molecule has 0 N–H and O–H groups in total. The lowest BCUT2D eigenvalue weighted by Gasteiger charge is -2.03. The van der Waals surface area contributed by atoms with E-state index in [1.807, 2.05) is 6.92 Å². The minimum absolute atomic E-state index is 0.0303. The summed E-state index contributed by atoms with van der Waals surface area (Å²) in [7, 11) is 0. The standard InChI is InChI=1S/C13H14BrFN2O/c1-2-5-16-6-7-17(13(16)18)9-10-3-4-12(15)11(14)8-10/h3-4,6-8H,2,5,9H2,1H3. The first-order chi connectivity index (χ1) is 8.61. The molecule has 2 rings (SSSR count). The van der Waals surface area contributed by atoms with E-state index in [2.05, 4.69) is 15.9 Å². The van der Waals surface area contributed by atoms with Gasteiger partial charge in [0.15, 0.2) is 0 Å². The summed E-state index contributed by atoms with van der Waals surface area (Å²) >= 11 is 3.14. The molecule has 0 saturated carbocycles. The quantitative estimate of drug-likeness (QED) is 0.852. The minimum atomic E-state index is -0.297. The first kappa shape index (κ1) is 13.1. The zero-order valence-electron chi connectivity index (χ0n) is 10.1. The largest absolute Gasteiger partial charge is 0.328 e. The summed E-state index contributed by atoms with van der Waals surface area (Å²) in [5.41, 5.74) is 0.858. The van der Waals surface area contributed by atoms with E-state index in [-0.39, 0.29) is 11.5 Å². The smallest absolute Gasteiger partial charge is 0.299 e. The average molecular weight is 313 g/mol. The molecule has 3 nitrogen and oxygen atoms in total. The summed E-state index contributed by atoms with van der Waals surface area (Å²) in [4.78, 5) is 12.0. The third kappa shape index (κ3) is 2.72. The summed E-state index contributed by atoms with van der Waals surface area (Å²) in [5.74, 6) is -0.297. The maximum absolute atomic E-state index is 13.1. The van der Waals surface area contributed by atoms with Gasteiger partial charge in [-0.1, -0.05) is 13.0 Å². The van der Waals surface area contributed by atoms with E-state index in [0.717, 1.165) is 18.5 Å². The van der Waals surface area contributed by atoms with Crippen molar-refractivity contribution < 1.29 is 4.39 Å². The average Bonchev–Trinajstić information content (AvgIpc) is 2.67. The molecule has 96 valence electrons. The molecule has 0 bridgehead atoms. The first-order valence-electron chi connectivity index (χ1n) is 5.81. The summed E-state index contributed by atoms with van der Waals surface area (Å²) in [6, 6.07) is 4.77. The Labute approximate surface area is 113 Å². The predicted octanol–water partition coefficient (Wildman–Crippen LogP) is 3.01. The second kappa shape index (κ2) is 5.52. The molecule has 0 radical (unpaired) electrons. The van der Waals surface area contributed by atoms with Gasteiger partial charge in [-0.25, -0.2) is 9.18 Å². The molecule has 0 atom stereocenters. The van der Waals surface area contributed by atoms with Crippen LogP contribution in [0.5, 0.6) is 0 Å². The number of rotatable bonds is 4. The number of imidazole rings is 1. The predicted molar refractivity (Wildman–Crippen MR) is 72.2 cm³/mol. The van der Waals surface area contributed by atoms with E-state index in [1.54, 1.807) is 33.7 Å². The summed E-state index contributed by atoms with van der Waals surface area (Å²) in [6.07, 6.45) is 4.46. The van der Waals surface area contributed by atoms with Crippen molar-refractivity contribution in [2.24, 2.45) is 0 Å². The van der Waals surface area contributed by atoms with Crippen LogP contribution in [-0.2, 0) is 13.1 Å². The Bertz CT molecular complexity index is 603. The molecular weight excluding hydrogens is 299 g/mol. The summed E-state index contributed by atoms with van der Waals surface area (Å²) in [6.45, 7) is 3.20. The number of nitrogens with zero attached hydrogens (tertiary/aromatic N) is 2. The highest BCUT2D eigenvalue weighted by Crippen LogP contribution is 2.17. The van der Waals surface area contributed by atoms with Crippen LogP contribution in [0.15, 0.2) is 39.9 Å². The molecule has 0 aliphatic rings. The molecule has 0 saturated heterocycles. The molecule has 1 heterocycles. The molecule has 0 fully saturated rings. The van der Waals surface area contributed by atoms with Crippen LogP contribution in [-0.4, -0.2) is 9.13 Å². The molecule has 1 aromatic heterocycles. The van der Waals surface area contributed by atoms with Crippen LogP contribution in [0.25, 0.3) is 0 Å². The Morgan fingerprint density at radius 1 is 1.28 bits per heavy atom. The van der Waals surface area contributed by atoms with Crippen molar-refractivity contribution in [3.05, 3.63) is 56.9 Å². The summed E-state index contributed by atoms with van der Waals surface area (Å²) < 4.78 is 16.8. The second-order valence-corrected chi connectivity index (χ2v) is 5.00. The highest BCUT2D eigenvalue weighted by atomic mass is 79.9. The molecule has 0 spiro atoms. The SMILES string of the molecule is CCCn1ccn(Cc2ccc(F)c(Br)c2)c1=O. The van der Waals surface area contributed by atoms with Crippen molar-refractivity contribution in [2.45, 2.75) is 26.4 Å². The van der Waals surface area contributed by atoms with E-state index in [1.165, 1.54) is 6.07 Å². The van der Waals surface area contributed by atoms with Gasteiger partial charge in [0.25, 0.3) is 0 Å². The fourth-order valence-electron chi connectivity index (χ4n) is 1.82. The number of aryl methyl sites for hydroxylation is 1. The van der Waals surface area contributed by atoms with Gasteiger partial charge in [0.1, 0.15) is 5.82 Å². The summed E-state index contributed by atoms with van der Waals surface area (Å²) in [5, 5.41) is 0. The van der Waals surface area contributed by atoms with E-state index < -0.39 is 0 Å². The Morgan fingerprint density at radius 3 is 2.67 bits per heavy atom. The van der Waals surface area contributed by atoms with Crippen molar-refractivity contribution in [1.82, 2.24) is 9.13 Å². The second-order valence-electron chi connectivity index (χ2n) is 4.15. The monoisotopic (exact) mass is 312 g/mol. The molecule has 1 aromatic carbocycles. The highest BCUT2D eigenvalue weighted by Gasteiger charge is 2.05. The van der Waals surface area contributed by atoms with Crippen LogP contribution in [0.1, 0.15) is 18.9 Å². The lowest BCUT2D eigenvalue weighted by molar-refractivity contribution is 0.614. The number of halogens is 2. The molecule has 0 aliphatic heterocycles. The van der Waals surface area contributed by atoms with Crippen molar-refractivity contribution in [3.8, 4) is 0 Å². The maximum Gasteiger partial charge on any atom is 0.328 e. The molecule has 0 amide bonds. The number of hydrogen-bond acceptors (Lipinski definition) is 1. The Balaban J connectivity index is 2.23. The third-order valence-corrected chi connectivity index (χ3v) is 3.33. The molecule has 5 heteroatoms. The van der Waals surface area contributed by atoms with Gasteiger partial charge in [-0.2, -0.15) is 0 Å². The van der Waals surface area contributed by atoms with Crippen LogP contribution in [0.2, 0.25) is 0 Å². The van der Waals surface area contributed by atoms with E-state index in [0.29, 0.717) is 11.0 Å². The Kier molecular flexibility index (Phi) is 4.01. The van der Waals surface area contributed by atoms with E-state index >= 15 is 0 Å². The van der Waals surface area contributed by atoms with E-state index in [4.69, 9.17) is 0 Å². The number of aromatic nitrogens is 2. The zero-order chi connectivity index (χ0) is 13.1. The first-order valence-corrected chi connectivity index (χ1v) is 6.60. The van der Waals surface area contributed by atoms with Gasteiger partial charge in [0.2, 0.25) is 0 Å².